The molecule has 1 amide bonds. The van der Waals surface area contributed by atoms with Gasteiger partial charge in [0.25, 0.3) is 0 Å². The number of nitrogens with one attached hydrogen (secondary N) is 3. The molecule has 1 saturated heterocycles. The highest BCUT2D eigenvalue weighted by Gasteiger charge is 2.29. The lowest BCUT2D eigenvalue weighted by Crippen LogP contribution is -2.39. The van der Waals surface area contributed by atoms with Crippen molar-refractivity contribution in [3.8, 4) is 22.6 Å². The van der Waals surface area contributed by atoms with E-state index in [1.165, 1.54) is 12.1 Å². The van der Waals surface area contributed by atoms with Crippen molar-refractivity contribution >= 4 is 17.5 Å². The molecule has 42 heavy (non-hydrogen) atoms. The normalized spacial score (nSPS) is 16.6. The second-order valence-corrected chi connectivity index (χ2v) is 9.62. The number of pyridine rings is 2. The first kappa shape index (κ1) is 27.1. The molecular weight excluding hydrogens is 539 g/mol. The van der Waals surface area contributed by atoms with Crippen molar-refractivity contribution in [3.63, 3.8) is 0 Å². The number of benzene rings is 1. The fourth-order valence-electron chi connectivity index (χ4n) is 4.44. The van der Waals surface area contributed by atoms with Gasteiger partial charge in [-0.1, -0.05) is 6.07 Å². The number of rotatable bonds is 9. The number of aromatic amines is 1. The number of nitrogens with zero attached hydrogens (tertiary/aromatic N) is 5. The minimum Gasteiger partial charge on any atom is -0.351 e. The number of amides is 1. The van der Waals surface area contributed by atoms with E-state index < -0.39 is 12.2 Å². The average molecular weight is 567 g/mol. The number of anilines is 2. The van der Waals surface area contributed by atoms with Crippen molar-refractivity contribution in [2.45, 2.75) is 19.3 Å². The van der Waals surface area contributed by atoms with Crippen molar-refractivity contribution < 1.29 is 18.7 Å². The van der Waals surface area contributed by atoms with Gasteiger partial charge < -0.3 is 25.1 Å². The van der Waals surface area contributed by atoms with E-state index in [1.54, 1.807) is 61.3 Å². The maximum atomic E-state index is 13.7. The largest absolute Gasteiger partial charge is 0.351 e. The molecule has 0 spiro atoms. The summed E-state index contributed by atoms with van der Waals surface area (Å²) >= 11 is 0. The molecule has 0 radical (unpaired) electrons. The first-order valence-corrected chi connectivity index (χ1v) is 13.4. The SMILES string of the molecule is O=C(Nc1cccnc1)C1COC(Cc2nc(-c3ccc(F)cc3)c(-c3ccnc(NCc4cccnc4)n3)[nH]2)OC1. The highest BCUT2D eigenvalue weighted by Crippen LogP contribution is 2.30. The van der Waals surface area contributed by atoms with Crippen molar-refractivity contribution in [1.82, 2.24) is 29.9 Å². The summed E-state index contributed by atoms with van der Waals surface area (Å²) in [5, 5.41) is 6.04. The number of carbonyl (C=O) groups is 1. The lowest BCUT2D eigenvalue weighted by atomic mass is 10.1. The quantitative estimate of drug-likeness (QED) is 0.239. The Kier molecular flexibility index (Phi) is 8.15. The van der Waals surface area contributed by atoms with E-state index in [0.717, 1.165) is 11.1 Å². The molecule has 0 unspecified atom stereocenters. The van der Waals surface area contributed by atoms with Crippen LogP contribution in [0.3, 0.4) is 0 Å². The summed E-state index contributed by atoms with van der Waals surface area (Å²) in [4.78, 5) is 37.9. The van der Waals surface area contributed by atoms with E-state index in [2.05, 4.69) is 35.6 Å². The molecule has 0 aliphatic carbocycles. The number of ether oxygens (including phenoxy) is 2. The first-order chi connectivity index (χ1) is 20.6. The Morgan fingerprint density at radius 2 is 1.74 bits per heavy atom. The number of halogens is 1. The molecule has 5 heterocycles. The Morgan fingerprint density at radius 1 is 0.952 bits per heavy atom. The second-order valence-electron chi connectivity index (χ2n) is 9.62. The third kappa shape index (κ3) is 6.62. The summed E-state index contributed by atoms with van der Waals surface area (Å²) in [5.41, 5.74) is 4.18. The smallest absolute Gasteiger partial charge is 0.232 e. The molecule has 1 aliphatic heterocycles. The third-order valence-electron chi connectivity index (χ3n) is 6.58. The van der Waals surface area contributed by atoms with Crippen LogP contribution in [0, 0.1) is 11.7 Å². The predicted molar refractivity (Wildman–Crippen MR) is 152 cm³/mol. The Labute approximate surface area is 240 Å². The van der Waals surface area contributed by atoms with Gasteiger partial charge in [-0.3, -0.25) is 14.8 Å². The third-order valence-corrected chi connectivity index (χ3v) is 6.58. The molecule has 1 fully saturated rings. The Balaban J connectivity index is 1.17. The minimum atomic E-state index is -0.602. The second kappa shape index (κ2) is 12.6. The van der Waals surface area contributed by atoms with Crippen LogP contribution >= 0.6 is 0 Å². The highest BCUT2D eigenvalue weighted by molar-refractivity contribution is 5.92. The summed E-state index contributed by atoms with van der Waals surface area (Å²) in [6.45, 7) is 0.911. The topological polar surface area (TPSA) is 140 Å². The summed E-state index contributed by atoms with van der Waals surface area (Å²) in [6.07, 6.45) is 8.07. The van der Waals surface area contributed by atoms with Crippen LogP contribution in [0.25, 0.3) is 22.6 Å². The summed E-state index contributed by atoms with van der Waals surface area (Å²) in [5.74, 6) is 0.0355. The van der Waals surface area contributed by atoms with Gasteiger partial charge in [-0.25, -0.2) is 19.3 Å². The Bertz CT molecular complexity index is 1630. The van der Waals surface area contributed by atoms with Gasteiger partial charge in [-0.15, -0.1) is 0 Å². The van der Waals surface area contributed by atoms with Crippen LogP contribution in [0.5, 0.6) is 0 Å². The molecule has 3 N–H and O–H groups in total. The van der Waals surface area contributed by atoms with E-state index in [-0.39, 0.29) is 24.9 Å². The van der Waals surface area contributed by atoms with Crippen molar-refractivity contribution in [2.24, 2.45) is 5.92 Å². The fraction of sp³-hybridized carbons (Fsp3) is 0.200. The summed E-state index contributed by atoms with van der Waals surface area (Å²) in [6, 6.07) is 15.2. The maximum Gasteiger partial charge on any atom is 0.232 e. The first-order valence-electron chi connectivity index (χ1n) is 13.4. The van der Waals surface area contributed by atoms with E-state index in [0.29, 0.717) is 47.5 Å². The van der Waals surface area contributed by atoms with Gasteiger partial charge >= 0.3 is 0 Å². The van der Waals surface area contributed by atoms with E-state index in [1.807, 2.05) is 12.1 Å². The molecular formula is C30H27FN8O3. The average Bonchev–Trinajstić information content (AvgIpc) is 3.45. The molecule has 4 aromatic heterocycles. The van der Waals surface area contributed by atoms with Crippen LogP contribution < -0.4 is 10.6 Å². The number of imidazole rings is 1. The molecule has 1 aromatic carbocycles. The zero-order valence-electron chi connectivity index (χ0n) is 22.4. The molecule has 212 valence electrons. The van der Waals surface area contributed by atoms with Gasteiger partial charge in [0.2, 0.25) is 11.9 Å². The molecule has 12 heteroatoms. The molecule has 11 nitrogen and oxygen atoms in total. The highest BCUT2D eigenvalue weighted by atomic mass is 19.1. The molecule has 5 aromatic rings. The zero-order valence-corrected chi connectivity index (χ0v) is 22.4. The van der Waals surface area contributed by atoms with Gasteiger partial charge in [0.1, 0.15) is 11.6 Å². The lowest BCUT2D eigenvalue weighted by Gasteiger charge is -2.28. The maximum absolute atomic E-state index is 13.7. The van der Waals surface area contributed by atoms with Crippen molar-refractivity contribution in [1.29, 1.82) is 0 Å². The van der Waals surface area contributed by atoms with Gasteiger partial charge in [-0.2, -0.15) is 0 Å². The molecule has 1 aliphatic rings. The number of carbonyl (C=O) groups excluding carboxylic acids is 1. The molecule has 6 rings (SSSR count). The fourth-order valence-corrected chi connectivity index (χ4v) is 4.44. The van der Waals surface area contributed by atoms with E-state index >= 15 is 0 Å². The van der Waals surface area contributed by atoms with Gasteiger partial charge in [0.15, 0.2) is 6.29 Å². The summed E-state index contributed by atoms with van der Waals surface area (Å²) in [7, 11) is 0. The monoisotopic (exact) mass is 566 g/mol. The lowest BCUT2D eigenvalue weighted by molar-refractivity contribution is -0.199. The van der Waals surface area contributed by atoms with Crippen LogP contribution in [0.15, 0.2) is 85.6 Å². The van der Waals surface area contributed by atoms with Crippen LogP contribution in [-0.2, 0) is 27.2 Å². The zero-order chi connectivity index (χ0) is 28.7. The van der Waals surface area contributed by atoms with Crippen LogP contribution in [0.4, 0.5) is 16.0 Å². The number of hydrogen-bond acceptors (Lipinski definition) is 9. The number of hydrogen-bond donors (Lipinski definition) is 3. The van der Waals surface area contributed by atoms with Crippen molar-refractivity contribution in [3.05, 3.63) is 103 Å². The van der Waals surface area contributed by atoms with Gasteiger partial charge in [0.05, 0.1) is 54.5 Å². The van der Waals surface area contributed by atoms with Gasteiger partial charge in [0, 0.05) is 36.9 Å². The van der Waals surface area contributed by atoms with Crippen LogP contribution in [0.1, 0.15) is 11.4 Å². The summed E-state index contributed by atoms with van der Waals surface area (Å²) < 4.78 is 25.4. The van der Waals surface area contributed by atoms with Gasteiger partial charge in [-0.05, 0) is 54.1 Å². The van der Waals surface area contributed by atoms with E-state index in [9.17, 15) is 9.18 Å². The molecule has 0 atom stereocenters. The Hall–Kier alpha value is -5.07. The number of aromatic nitrogens is 6. The number of H-pyrrole nitrogens is 1. The molecule has 0 bridgehead atoms. The standard InChI is InChI=1S/C30H27FN8O3/c31-22-7-5-20(6-8-22)27-28(24-9-12-34-30(37-24)35-15-19-3-1-10-32-14-19)39-25(38-27)13-26-41-17-21(18-42-26)29(40)36-23-4-2-11-33-16-23/h1-12,14,16,21,26H,13,15,17-18H2,(H,36,40)(H,38,39)(H,34,35,37). The van der Waals surface area contributed by atoms with Crippen LogP contribution in [-0.4, -0.2) is 55.3 Å². The minimum absolute atomic E-state index is 0.197. The molecule has 0 saturated carbocycles. The van der Waals surface area contributed by atoms with Crippen molar-refractivity contribution in [2.75, 3.05) is 23.8 Å². The van der Waals surface area contributed by atoms with E-state index in [4.69, 9.17) is 14.5 Å². The predicted octanol–water partition coefficient (Wildman–Crippen LogP) is 4.25. The van der Waals surface area contributed by atoms with Crippen LogP contribution in [0.2, 0.25) is 0 Å². The Morgan fingerprint density at radius 3 is 2.48 bits per heavy atom.